The lowest BCUT2D eigenvalue weighted by molar-refractivity contribution is 0.668. The molecule has 0 fully saturated rings. The lowest BCUT2D eigenvalue weighted by Gasteiger charge is -2.27. The minimum atomic E-state index is 0.590. The Morgan fingerprint density at radius 3 is 1.71 bits per heavy atom. The zero-order valence-electron chi connectivity index (χ0n) is 35.1. The van der Waals surface area contributed by atoms with Crippen molar-refractivity contribution in [3.63, 3.8) is 0 Å². The van der Waals surface area contributed by atoms with Crippen LogP contribution in [0, 0.1) is 0 Å². The van der Waals surface area contributed by atoms with Crippen molar-refractivity contribution in [1.82, 2.24) is 14.5 Å². The highest BCUT2D eigenvalue weighted by Gasteiger charge is 2.21. The van der Waals surface area contributed by atoms with Crippen molar-refractivity contribution in [3.05, 3.63) is 218 Å². The minimum absolute atomic E-state index is 0.590. The van der Waals surface area contributed by atoms with Gasteiger partial charge in [0.15, 0.2) is 5.82 Å². The van der Waals surface area contributed by atoms with E-state index in [4.69, 9.17) is 18.8 Å². The molecule has 0 amide bonds. The third-order valence-electron chi connectivity index (χ3n) is 12.8. The number of furan rings is 2. The van der Waals surface area contributed by atoms with Crippen LogP contribution in [-0.2, 0) is 0 Å². The van der Waals surface area contributed by atoms with Gasteiger partial charge in [-0.3, -0.25) is 0 Å². The summed E-state index contributed by atoms with van der Waals surface area (Å²) in [6.45, 7) is 5.12. The molecule has 6 heteroatoms. The largest absolute Gasteiger partial charge is 0.456 e. The monoisotopic (exact) mass is 834 g/mol. The average molecular weight is 835 g/mol. The van der Waals surface area contributed by atoms with Crippen LogP contribution < -0.4 is 4.90 Å². The summed E-state index contributed by atoms with van der Waals surface area (Å²) in [4.78, 5) is 13.2. The lowest BCUT2D eigenvalue weighted by Crippen LogP contribution is -2.18. The van der Waals surface area contributed by atoms with Crippen molar-refractivity contribution in [2.45, 2.75) is 0 Å². The Kier molecular flexibility index (Phi) is 8.33. The van der Waals surface area contributed by atoms with Crippen molar-refractivity contribution in [3.8, 4) is 39.6 Å². The molecule has 4 aromatic heterocycles. The van der Waals surface area contributed by atoms with Crippen molar-refractivity contribution in [2.75, 3.05) is 11.4 Å². The summed E-state index contributed by atoms with van der Waals surface area (Å²) in [6.07, 6.45) is 8.44. The standard InChI is InChI=1S/C59H38N4O2/c1-37-15-3-2-14-30-62(52-21-9-4-16-43(37)52)41-31-40(32-42(35-41)63-53-22-10-5-17-44(53)45-18-6-11-23-54(45)63)51-36-50(38-26-28-48-46-19-7-12-24-55(46)64-57(48)33-38)60-59(61-51)39-27-29-49-47-20-8-13-25-56(47)65-58(49)34-39/h2-29,31-36H,1,30H2/b14-2-,15-3-. The van der Waals surface area contributed by atoms with Crippen LogP contribution in [0.2, 0.25) is 0 Å². The van der Waals surface area contributed by atoms with Gasteiger partial charge in [-0.25, -0.2) is 9.97 Å². The summed E-state index contributed by atoms with van der Waals surface area (Å²) in [5.41, 5.74) is 14.9. The second-order valence-corrected chi connectivity index (χ2v) is 16.6. The van der Waals surface area contributed by atoms with Crippen LogP contribution in [0.25, 0.3) is 111 Å². The van der Waals surface area contributed by atoms with Gasteiger partial charge in [0.2, 0.25) is 0 Å². The van der Waals surface area contributed by atoms with Crippen LogP contribution >= 0.6 is 0 Å². The van der Waals surface area contributed by atoms with E-state index in [9.17, 15) is 0 Å². The lowest BCUT2D eigenvalue weighted by atomic mass is 10.0. The Morgan fingerprint density at radius 1 is 0.446 bits per heavy atom. The highest BCUT2D eigenvalue weighted by molar-refractivity contribution is 6.10. The van der Waals surface area contributed by atoms with E-state index in [1.54, 1.807) is 0 Å². The molecule has 12 aromatic rings. The van der Waals surface area contributed by atoms with Crippen LogP contribution in [0.4, 0.5) is 11.4 Å². The van der Waals surface area contributed by atoms with Crippen molar-refractivity contribution < 1.29 is 8.83 Å². The maximum Gasteiger partial charge on any atom is 0.160 e. The maximum atomic E-state index is 6.42. The number of nitrogens with zero attached hydrogens (tertiary/aromatic N) is 4. The average Bonchev–Trinajstić information content (AvgIpc) is 4.05. The topological polar surface area (TPSA) is 60.2 Å². The number of fused-ring (bicyclic) bond motifs is 10. The van der Waals surface area contributed by atoms with Crippen LogP contribution in [0.3, 0.4) is 0 Å². The molecule has 6 nitrogen and oxygen atoms in total. The molecule has 0 saturated heterocycles. The van der Waals surface area contributed by atoms with Gasteiger partial charge in [0, 0.05) is 78.2 Å². The smallest absolute Gasteiger partial charge is 0.160 e. The Morgan fingerprint density at radius 2 is 1.00 bits per heavy atom. The van der Waals surface area contributed by atoms with Gasteiger partial charge in [-0.2, -0.15) is 0 Å². The Balaban J connectivity index is 1.08. The van der Waals surface area contributed by atoms with Crippen molar-refractivity contribution in [2.24, 2.45) is 0 Å². The number of para-hydroxylation sites is 5. The molecule has 0 atom stereocenters. The molecule has 0 aliphatic carbocycles. The highest BCUT2D eigenvalue weighted by Crippen LogP contribution is 2.41. The number of anilines is 2. The normalized spacial score (nSPS) is 14.0. The molecule has 0 radical (unpaired) electrons. The zero-order valence-corrected chi connectivity index (χ0v) is 35.1. The predicted octanol–water partition coefficient (Wildman–Crippen LogP) is 15.7. The van der Waals surface area contributed by atoms with Gasteiger partial charge >= 0.3 is 0 Å². The molecule has 0 bridgehead atoms. The fraction of sp³-hybridized carbons (Fsp3) is 0.0169. The van der Waals surface area contributed by atoms with Gasteiger partial charge in [-0.1, -0.05) is 134 Å². The molecule has 0 saturated carbocycles. The first-order valence-electron chi connectivity index (χ1n) is 21.9. The number of hydrogen-bond acceptors (Lipinski definition) is 5. The third-order valence-corrected chi connectivity index (χ3v) is 12.8. The molecular weight excluding hydrogens is 797 g/mol. The van der Waals surface area contributed by atoms with E-state index in [1.165, 1.54) is 10.8 Å². The van der Waals surface area contributed by atoms with Gasteiger partial charge in [-0.15, -0.1) is 0 Å². The molecule has 1 aliphatic rings. The fourth-order valence-corrected chi connectivity index (χ4v) is 9.68. The Hall–Kier alpha value is -8.74. The van der Waals surface area contributed by atoms with Crippen molar-refractivity contribution >= 4 is 82.6 Å². The Labute approximate surface area is 373 Å². The van der Waals surface area contributed by atoms with Crippen LogP contribution in [0.5, 0.6) is 0 Å². The van der Waals surface area contributed by atoms with Gasteiger partial charge < -0.3 is 18.3 Å². The van der Waals surface area contributed by atoms with Crippen LogP contribution in [0.15, 0.2) is 222 Å². The van der Waals surface area contributed by atoms with E-state index >= 15 is 0 Å². The molecule has 8 aromatic carbocycles. The first-order valence-corrected chi connectivity index (χ1v) is 21.9. The number of allylic oxidation sites excluding steroid dienone is 4. The Bertz CT molecular complexity index is 3790. The molecule has 0 spiro atoms. The number of aromatic nitrogens is 3. The summed E-state index contributed by atoms with van der Waals surface area (Å²) < 4.78 is 15.2. The third kappa shape index (κ3) is 6.10. The number of benzene rings is 8. The summed E-state index contributed by atoms with van der Waals surface area (Å²) in [5.74, 6) is 0.590. The summed E-state index contributed by atoms with van der Waals surface area (Å²) in [6, 6.07) is 63.7. The van der Waals surface area contributed by atoms with E-state index in [2.05, 4.69) is 186 Å². The van der Waals surface area contributed by atoms with E-state index < -0.39 is 0 Å². The minimum Gasteiger partial charge on any atom is -0.456 e. The second-order valence-electron chi connectivity index (χ2n) is 16.6. The second kappa shape index (κ2) is 14.7. The van der Waals surface area contributed by atoms with Gasteiger partial charge in [0.05, 0.1) is 22.4 Å². The first kappa shape index (κ1) is 36.9. The van der Waals surface area contributed by atoms with E-state index in [0.717, 1.165) is 111 Å². The van der Waals surface area contributed by atoms with E-state index in [1.807, 2.05) is 36.4 Å². The molecular formula is C59H38N4O2. The maximum absolute atomic E-state index is 6.42. The molecule has 0 N–H and O–H groups in total. The molecule has 13 rings (SSSR count). The first-order chi connectivity index (χ1) is 32.1. The molecule has 306 valence electrons. The van der Waals surface area contributed by atoms with E-state index in [0.29, 0.717) is 12.4 Å². The predicted molar refractivity (Wildman–Crippen MR) is 268 cm³/mol. The van der Waals surface area contributed by atoms with Crippen LogP contribution in [0.1, 0.15) is 5.56 Å². The van der Waals surface area contributed by atoms with Crippen LogP contribution in [-0.4, -0.2) is 21.1 Å². The van der Waals surface area contributed by atoms with Gasteiger partial charge in [0.25, 0.3) is 0 Å². The number of hydrogen-bond donors (Lipinski definition) is 0. The van der Waals surface area contributed by atoms with E-state index in [-0.39, 0.29) is 0 Å². The molecule has 5 heterocycles. The van der Waals surface area contributed by atoms with Crippen molar-refractivity contribution in [1.29, 1.82) is 0 Å². The molecule has 1 aliphatic heterocycles. The van der Waals surface area contributed by atoms with Gasteiger partial charge in [0.1, 0.15) is 22.3 Å². The number of rotatable bonds is 5. The van der Waals surface area contributed by atoms with Gasteiger partial charge in [-0.05, 0) is 84.4 Å². The fourth-order valence-electron chi connectivity index (χ4n) is 9.68. The summed E-state index contributed by atoms with van der Waals surface area (Å²) >= 11 is 0. The SMILES string of the molecule is C=C1/C=C\C=C/CN(c2cc(-c3cc(-c4ccc5c(c4)oc4ccccc45)nc(-c4ccc5c(c4)oc4ccccc45)n3)cc(-n3c4ccccc4c4ccccc43)c2)c2ccccc21. The quantitative estimate of drug-likeness (QED) is 0.173. The highest BCUT2D eigenvalue weighted by atomic mass is 16.3. The summed E-state index contributed by atoms with van der Waals surface area (Å²) in [5, 5.41) is 6.67. The molecule has 65 heavy (non-hydrogen) atoms. The summed E-state index contributed by atoms with van der Waals surface area (Å²) in [7, 11) is 0. The molecule has 0 unspecified atom stereocenters. The zero-order chi connectivity index (χ0) is 43.0.